The summed E-state index contributed by atoms with van der Waals surface area (Å²) in [5, 5.41) is 11.8. The molecule has 32 heavy (non-hydrogen) atoms. The van der Waals surface area contributed by atoms with Gasteiger partial charge in [0.15, 0.2) is 0 Å². The normalized spacial score (nSPS) is 13.3. The van der Waals surface area contributed by atoms with Crippen LogP contribution >= 0.6 is 0 Å². The fourth-order valence-electron chi connectivity index (χ4n) is 3.67. The Bertz CT molecular complexity index is 1060. The Balaban J connectivity index is 1.92. The van der Waals surface area contributed by atoms with Crippen LogP contribution in [0, 0.1) is 11.2 Å². The highest BCUT2D eigenvalue weighted by Gasteiger charge is 2.45. The van der Waals surface area contributed by atoms with Gasteiger partial charge in [0.25, 0.3) is 0 Å². The average molecular weight is 437 g/mol. The molecule has 3 aromatic carbocycles. The summed E-state index contributed by atoms with van der Waals surface area (Å²) < 4.78 is 26.0. The summed E-state index contributed by atoms with van der Waals surface area (Å²) in [6, 6.07) is 20.6. The zero-order valence-electron chi connectivity index (χ0n) is 18.9. The molecule has 0 amide bonds. The highest BCUT2D eigenvalue weighted by molar-refractivity contribution is 5.89. The lowest BCUT2D eigenvalue weighted by molar-refractivity contribution is -0.0288. The number of ether oxygens (including phenoxy) is 2. The van der Waals surface area contributed by atoms with Gasteiger partial charge in [0.1, 0.15) is 23.8 Å². The highest BCUT2D eigenvalue weighted by Crippen LogP contribution is 2.46. The van der Waals surface area contributed by atoms with E-state index in [9.17, 15) is 9.90 Å². The second-order valence-corrected chi connectivity index (χ2v) is 8.67. The topological polar surface area (TPSA) is 55.8 Å². The Morgan fingerprint density at radius 3 is 2.19 bits per heavy atom. The fraction of sp³-hybridized carbons (Fsp3) is 0.296. The van der Waals surface area contributed by atoms with Crippen molar-refractivity contribution >= 4 is 5.97 Å². The number of hydrogen-bond donors (Lipinski definition) is 1. The minimum Gasteiger partial charge on any atom is -0.489 e. The second kappa shape index (κ2) is 9.53. The van der Waals surface area contributed by atoms with Crippen molar-refractivity contribution in [3.05, 3.63) is 101 Å². The first-order chi connectivity index (χ1) is 15.2. The van der Waals surface area contributed by atoms with E-state index in [4.69, 9.17) is 9.47 Å². The summed E-state index contributed by atoms with van der Waals surface area (Å²) in [6.45, 7) is 7.85. The molecule has 5 heteroatoms. The molecule has 0 bridgehead atoms. The predicted molar refractivity (Wildman–Crippen MR) is 122 cm³/mol. The lowest BCUT2D eigenvalue weighted by Crippen LogP contribution is -2.42. The molecular formula is C27H29FO4. The van der Waals surface area contributed by atoms with Crippen molar-refractivity contribution in [2.24, 2.45) is 5.41 Å². The van der Waals surface area contributed by atoms with E-state index >= 15 is 4.39 Å². The van der Waals surface area contributed by atoms with Gasteiger partial charge in [-0.15, -0.1) is 0 Å². The number of carbonyl (C=O) groups excluding carboxylic acids is 1. The number of rotatable bonds is 7. The first-order valence-electron chi connectivity index (χ1n) is 10.6. The van der Waals surface area contributed by atoms with Crippen LogP contribution in [0.25, 0.3) is 0 Å². The Hall–Kier alpha value is -3.18. The fourth-order valence-corrected chi connectivity index (χ4v) is 3.67. The standard InChI is InChI=1S/C27H29FO4/c1-5-31-25(29)20-11-13-21(14-12-20)27(30,26(2,3)4)23-16-15-22(17-24(23)28)32-18-19-9-7-6-8-10-19/h6-17,30H,5,18H2,1-4H3. The van der Waals surface area contributed by atoms with E-state index in [1.807, 2.05) is 51.1 Å². The van der Waals surface area contributed by atoms with Crippen LogP contribution in [0.5, 0.6) is 5.75 Å². The van der Waals surface area contributed by atoms with Crippen LogP contribution in [0.4, 0.5) is 4.39 Å². The number of carbonyl (C=O) groups is 1. The van der Waals surface area contributed by atoms with Crippen LogP contribution in [0.1, 0.15) is 54.7 Å². The van der Waals surface area contributed by atoms with E-state index in [1.165, 1.54) is 6.07 Å². The lowest BCUT2D eigenvalue weighted by atomic mass is 9.68. The van der Waals surface area contributed by atoms with E-state index in [1.54, 1.807) is 43.3 Å². The third-order valence-corrected chi connectivity index (χ3v) is 5.48. The maximum atomic E-state index is 15.3. The van der Waals surface area contributed by atoms with Crippen LogP contribution in [0.15, 0.2) is 72.8 Å². The molecule has 0 radical (unpaired) electrons. The molecule has 0 aliphatic carbocycles. The molecule has 3 rings (SSSR count). The molecule has 3 aromatic rings. The van der Waals surface area contributed by atoms with Crippen molar-refractivity contribution in [2.45, 2.75) is 39.9 Å². The van der Waals surface area contributed by atoms with Gasteiger partial charge in [-0.25, -0.2) is 9.18 Å². The molecule has 4 nitrogen and oxygen atoms in total. The van der Waals surface area contributed by atoms with Gasteiger partial charge >= 0.3 is 5.97 Å². The molecular weight excluding hydrogens is 407 g/mol. The van der Waals surface area contributed by atoms with Gasteiger partial charge in [-0.05, 0) is 47.7 Å². The number of aliphatic hydroxyl groups is 1. The molecule has 1 atom stereocenters. The third-order valence-electron chi connectivity index (χ3n) is 5.48. The second-order valence-electron chi connectivity index (χ2n) is 8.67. The van der Waals surface area contributed by atoms with Crippen molar-refractivity contribution in [1.29, 1.82) is 0 Å². The molecule has 0 heterocycles. The van der Waals surface area contributed by atoms with Crippen LogP contribution in [-0.2, 0) is 16.9 Å². The van der Waals surface area contributed by atoms with Crippen LogP contribution < -0.4 is 4.74 Å². The van der Waals surface area contributed by atoms with Gasteiger partial charge in [-0.2, -0.15) is 0 Å². The molecule has 0 spiro atoms. The first kappa shape index (κ1) is 23.5. The van der Waals surface area contributed by atoms with Crippen molar-refractivity contribution in [3.8, 4) is 5.75 Å². The van der Waals surface area contributed by atoms with Gasteiger partial charge in [0, 0.05) is 11.6 Å². The van der Waals surface area contributed by atoms with E-state index in [0.29, 0.717) is 23.5 Å². The Morgan fingerprint density at radius 2 is 1.62 bits per heavy atom. The zero-order valence-corrected chi connectivity index (χ0v) is 18.9. The number of hydrogen-bond acceptors (Lipinski definition) is 4. The minimum atomic E-state index is -1.64. The number of benzene rings is 3. The van der Waals surface area contributed by atoms with Crippen LogP contribution in [0.2, 0.25) is 0 Å². The van der Waals surface area contributed by atoms with Crippen molar-refractivity contribution in [2.75, 3.05) is 6.61 Å². The van der Waals surface area contributed by atoms with E-state index in [0.717, 1.165) is 5.56 Å². The number of halogens is 1. The summed E-state index contributed by atoms with van der Waals surface area (Å²) in [7, 11) is 0. The maximum Gasteiger partial charge on any atom is 0.338 e. The molecule has 1 unspecified atom stereocenters. The Kier molecular flexibility index (Phi) is 6.99. The van der Waals surface area contributed by atoms with Gasteiger partial charge in [0.05, 0.1) is 12.2 Å². The summed E-state index contributed by atoms with van der Waals surface area (Å²) in [4.78, 5) is 12.0. The van der Waals surface area contributed by atoms with Crippen LogP contribution in [-0.4, -0.2) is 17.7 Å². The van der Waals surface area contributed by atoms with Gasteiger partial charge in [0.2, 0.25) is 0 Å². The van der Waals surface area contributed by atoms with Gasteiger partial charge < -0.3 is 14.6 Å². The van der Waals surface area contributed by atoms with Crippen LogP contribution in [0.3, 0.4) is 0 Å². The first-order valence-corrected chi connectivity index (χ1v) is 10.6. The van der Waals surface area contributed by atoms with Gasteiger partial charge in [-0.3, -0.25) is 0 Å². The van der Waals surface area contributed by atoms with E-state index in [-0.39, 0.29) is 12.2 Å². The summed E-state index contributed by atoms with van der Waals surface area (Å²) >= 11 is 0. The van der Waals surface area contributed by atoms with Crippen molar-refractivity contribution in [1.82, 2.24) is 0 Å². The summed E-state index contributed by atoms with van der Waals surface area (Å²) in [5.74, 6) is -0.629. The third kappa shape index (κ3) is 4.83. The largest absolute Gasteiger partial charge is 0.489 e. The summed E-state index contributed by atoms with van der Waals surface area (Å²) in [5.41, 5.74) is -0.411. The molecule has 0 aliphatic heterocycles. The monoisotopic (exact) mass is 436 g/mol. The SMILES string of the molecule is CCOC(=O)c1ccc(C(O)(c2ccc(OCc3ccccc3)cc2F)C(C)(C)C)cc1. The average Bonchev–Trinajstić information content (AvgIpc) is 2.77. The Labute approximate surface area is 188 Å². The number of esters is 1. The smallest absolute Gasteiger partial charge is 0.338 e. The summed E-state index contributed by atoms with van der Waals surface area (Å²) in [6.07, 6.45) is 0. The molecule has 0 saturated heterocycles. The van der Waals surface area contributed by atoms with Crippen molar-refractivity contribution in [3.63, 3.8) is 0 Å². The molecule has 0 fully saturated rings. The van der Waals surface area contributed by atoms with Gasteiger partial charge in [-0.1, -0.05) is 63.2 Å². The van der Waals surface area contributed by atoms with Crippen molar-refractivity contribution < 1.29 is 23.8 Å². The quantitative estimate of drug-likeness (QED) is 0.471. The molecule has 168 valence electrons. The lowest BCUT2D eigenvalue weighted by Gasteiger charge is -2.41. The molecule has 0 aliphatic rings. The predicted octanol–water partition coefficient (Wildman–Crippen LogP) is 5.86. The molecule has 0 aromatic heterocycles. The minimum absolute atomic E-state index is 0.140. The van der Waals surface area contributed by atoms with E-state index < -0.39 is 22.8 Å². The highest BCUT2D eigenvalue weighted by atomic mass is 19.1. The molecule has 0 saturated carbocycles. The zero-order chi connectivity index (χ0) is 23.4. The molecule has 1 N–H and O–H groups in total. The van der Waals surface area contributed by atoms with E-state index in [2.05, 4.69) is 0 Å². The maximum absolute atomic E-state index is 15.3. The Morgan fingerprint density at radius 1 is 0.969 bits per heavy atom.